The smallest absolute Gasteiger partial charge is 0.227 e. The van der Waals surface area contributed by atoms with Gasteiger partial charge in [-0.05, 0) is 30.2 Å². The number of pyridine rings is 1. The highest BCUT2D eigenvalue weighted by atomic mass is 16.2. The van der Waals surface area contributed by atoms with Crippen molar-refractivity contribution < 1.29 is 4.79 Å². The van der Waals surface area contributed by atoms with Crippen molar-refractivity contribution in [2.45, 2.75) is 19.9 Å². The van der Waals surface area contributed by atoms with Crippen molar-refractivity contribution in [3.8, 4) is 0 Å². The Morgan fingerprint density at radius 2 is 1.91 bits per heavy atom. The highest BCUT2D eigenvalue weighted by molar-refractivity contribution is 5.78. The molecule has 0 unspecified atom stereocenters. The normalized spacial score (nSPS) is 10.8. The fourth-order valence-electron chi connectivity index (χ4n) is 2.41. The number of nitrogens with zero attached hydrogens (tertiary/aromatic N) is 4. The van der Waals surface area contributed by atoms with Crippen molar-refractivity contribution in [1.82, 2.24) is 19.5 Å². The lowest BCUT2D eigenvalue weighted by Crippen LogP contribution is -2.28. The van der Waals surface area contributed by atoms with Crippen LogP contribution in [0.15, 0.2) is 48.7 Å². The predicted octanol–water partition coefficient (Wildman–Crippen LogP) is 2.24. The molecule has 0 bridgehead atoms. The number of benzene rings is 1. The molecule has 0 saturated carbocycles. The van der Waals surface area contributed by atoms with Crippen molar-refractivity contribution in [2.24, 2.45) is 0 Å². The minimum Gasteiger partial charge on any atom is -0.338 e. The summed E-state index contributed by atoms with van der Waals surface area (Å²) in [6.07, 6.45) is 2.31. The third kappa shape index (κ3) is 2.83. The zero-order valence-corrected chi connectivity index (χ0v) is 12.7. The molecule has 22 heavy (non-hydrogen) atoms. The lowest BCUT2D eigenvalue weighted by Gasteiger charge is -2.16. The maximum Gasteiger partial charge on any atom is 0.227 e. The van der Waals surface area contributed by atoms with Gasteiger partial charge in [-0.15, -0.1) is 10.2 Å². The van der Waals surface area contributed by atoms with E-state index in [0.717, 1.165) is 22.6 Å². The topological polar surface area (TPSA) is 50.5 Å². The first kappa shape index (κ1) is 14.3. The minimum absolute atomic E-state index is 0.0713. The van der Waals surface area contributed by atoms with Gasteiger partial charge in [0.25, 0.3) is 0 Å². The molecule has 0 atom stereocenters. The molecule has 0 N–H and O–H groups in total. The van der Waals surface area contributed by atoms with Crippen LogP contribution in [0, 0.1) is 6.92 Å². The molecule has 0 spiro atoms. The molecule has 2 heterocycles. The average molecular weight is 294 g/mol. The molecule has 1 amide bonds. The Morgan fingerprint density at radius 1 is 1.14 bits per heavy atom. The summed E-state index contributed by atoms with van der Waals surface area (Å²) in [7, 11) is 1.80. The number of hydrogen-bond acceptors (Lipinski definition) is 3. The van der Waals surface area contributed by atoms with Crippen molar-refractivity contribution >= 4 is 11.6 Å². The van der Waals surface area contributed by atoms with Crippen molar-refractivity contribution in [2.75, 3.05) is 7.05 Å². The van der Waals surface area contributed by atoms with Gasteiger partial charge in [0, 0.05) is 13.2 Å². The number of carbonyl (C=O) groups excluding carboxylic acids is 1. The molecule has 5 heteroatoms. The van der Waals surface area contributed by atoms with E-state index in [2.05, 4.69) is 10.2 Å². The second kappa shape index (κ2) is 5.97. The number of carbonyl (C=O) groups is 1. The number of rotatable bonds is 4. The number of likely N-dealkylation sites (N-methyl/N-ethyl adjacent to an activating group) is 1. The van der Waals surface area contributed by atoms with Crippen LogP contribution in [0.5, 0.6) is 0 Å². The van der Waals surface area contributed by atoms with E-state index in [1.54, 1.807) is 11.9 Å². The van der Waals surface area contributed by atoms with Gasteiger partial charge in [-0.1, -0.05) is 30.3 Å². The number of aromatic nitrogens is 3. The van der Waals surface area contributed by atoms with E-state index < -0.39 is 0 Å². The molecule has 0 radical (unpaired) electrons. The minimum atomic E-state index is 0.0713. The van der Waals surface area contributed by atoms with Crippen molar-refractivity contribution in [1.29, 1.82) is 0 Å². The molecule has 0 aliphatic carbocycles. The zero-order chi connectivity index (χ0) is 15.5. The first-order valence-electron chi connectivity index (χ1n) is 7.22. The van der Waals surface area contributed by atoms with Gasteiger partial charge in [-0.25, -0.2) is 0 Å². The van der Waals surface area contributed by atoms with E-state index in [1.807, 2.05) is 60.0 Å². The third-order valence-corrected chi connectivity index (χ3v) is 3.79. The Kier molecular flexibility index (Phi) is 3.87. The summed E-state index contributed by atoms with van der Waals surface area (Å²) in [5.74, 6) is 0.832. The van der Waals surface area contributed by atoms with Crippen LogP contribution in [0.3, 0.4) is 0 Å². The summed E-state index contributed by atoms with van der Waals surface area (Å²) in [4.78, 5) is 14.1. The third-order valence-electron chi connectivity index (χ3n) is 3.79. The number of fused-ring (bicyclic) bond motifs is 1. The molecule has 0 saturated heterocycles. The molecule has 0 aliphatic heterocycles. The molecule has 3 rings (SSSR count). The summed E-state index contributed by atoms with van der Waals surface area (Å²) >= 11 is 0. The molecule has 2 aromatic heterocycles. The highest BCUT2D eigenvalue weighted by Crippen LogP contribution is 2.10. The van der Waals surface area contributed by atoms with Gasteiger partial charge in [0.2, 0.25) is 5.91 Å². The van der Waals surface area contributed by atoms with Crippen LogP contribution in [0.1, 0.15) is 17.0 Å². The molecule has 3 aromatic rings. The second-order valence-corrected chi connectivity index (χ2v) is 5.40. The average Bonchev–Trinajstić information content (AvgIpc) is 2.93. The fourth-order valence-corrected chi connectivity index (χ4v) is 2.41. The van der Waals surface area contributed by atoms with Gasteiger partial charge in [0.15, 0.2) is 11.5 Å². The van der Waals surface area contributed by atoms with Gasteiger partial charge in [-0.3, -0.25) is 9.20 Å². The molecule has 0 aliphatic rings. The molecule has 5 nitrogen and oxygen atoms in total. The molecule has 1 aromatic carbocycles. The first-order valence-corrected chi connectivity index (χ1v) is 7.22. The Hall–Kier alpha value is -2.69. The van der Waals surface area contributed by atoms with Gasteiger partial charge >= 0.3 is 0 Å². The van der Waals surface area contributed by atoms with Crippen LogP contribution in [0.25, 0.3) is 5.65 Å². The van der Waals surface area contributed by atoms with Crippen LogP contribution >= 0.6 is 0 Å². The SMILES string of the molecule is Cc1ccccc1CC(=O)N(C)Cc1nnc2ccccn12. The van der Waals surface area contributed by atoms with Gasteiger partial charge < -0.3 is 4.90 Å². The Labute approximate surface area is 129 Å². The summed E-state index contributed by atoms with van der Waals surface area (Å²) in [6, 6.07) is 13.7. The maximum absolute atomic E-state index is 12.4. The van der Waals surface area contributed by atoms with E-state index in [4.69, 9.17) is 0 Å². The predicted molar refractivity (Wildman–Crippen MR) is 84.3 cm³/mol. The van der Waals surface area contributed by atoms with E-state index >= 15 is 0 Å². The Morgan fingerprint density at radius 3 is 2.73 bits per heavy atom. The first-order chi connectivity index (χ1) is 10.6. The van der Waals surface area contributed by atoms with Crippen LogP contribution in [0.2, 0.25) is 0 Å². The molecule has 112 valence electrons. The van der Waals surface area contributed by atoms with Gasteiger partial charge in [-0.2, -0.15) is 0 Å². The highest BCUT2D eigenvalue weighted by Gasteiger charge is 2.14. The number of hydrogen-bond donors (Lipinski definition) is 0. The van der Waals surface area contributed by atoms with E-state index in [9.17, 15) is 4.79 Å². The summed E-state index contributed by atoms with van der Waals surface area (Å²) in [5, 5.41) is 8.27. The summed E-state index contributed by atoms with van der Waals surface area (Å²) < 4.78 is 1.90. The van der Waals surface area contributed by atoms with Crippen molar-refractivity contribution in [3.63, 3.8) is 0 Å². The molecule has 0 fully saturated rings. The van der Waals surface area contributed by atoms with Crippen LogP contribution in [0.4, 0.5) is 0 Å². The summed E-state index contributed by atoms with van der Waals surface area (Å²) in [5.41, 5.74) is 2.99. The lowest BCUT2D eigenvalue weighted by molar-refractivity contribution is -0.129. The van der Waals surface area contributed by atoms with E-state index in [0.29, 0.717) is 13.0 Å². The lowest BCUT2D eigenvalue weighted by atomic mass is 10.1. The van der Waals surface area contributed by atoms with Crippen molar-refractivity contribution in [3.05, 3.63) is 65.6 Å². The maximum atomic E-state index is 12.4. The largest absolute Gasteiger partial charge is 0.338 e. The second-order valence-electron chi connectivity index (χ2n) is 5.40. The quantitative estimate of drug-likeness (QED) is 0.741. The standard InChI is InChI=1S/C17H18N4O/c1-13-7-3-4-8-14(13)11-17(22)20(2)12-16-19-18-15-9-5-6-10-21(15)16/h3-10H,11-12H2,1-2H3. The fraction of sp³-hybridized carbons (Fsp3) is 0.235. The van der Waals surface area contributed by atoms with E-state index in [1.165, 1.54) is 0 Å². The molecular weight excluding hydrogens is 276 g/mol. The van der Waals surface area contributed by atoms with Crippen LogP contribution in [-0.4, -0.2) is 32.5 Å². The van der Waals surface area contributed by atoms with Gasteiger partial charge in [0.1, 0.15) is 0 Å². The van der Waals surface area contributed by atoms with E-state index in [-0.39, 0.29) is 5.91 Å². The summed E-state index contributed by atoms with van der Waals surface area (Å²) in [6.45, 7) is 2.46. The number of amides is 1. The monoisotopic (exact) mass is 294 g/mol. The van der Waals surface area contributed by atoms with Crippen LogP contribution in [-0.2, 0) is 17.8 Å². The molecular formula is C17H18N4O. The Bertz CT molecular complexity index is 809. The zero-order valence-electron chi connectivity index (χ0n) is 12.7. The number of aryl methyl sites for hydroxylation is 1. The van der Waals surface area contributed by atoms with Crippen LogP contribution < -0.4 is 0 Å². The Balaban J connectivity index is 1.73. The van der Waals surface area contributed by atoms with Gasteiger partial charge in [0.05, 0.1) is 13.0 Å².